The third kappa shape index (κ3) is 3.93. The Balaban J connectivity index is 2.07. The van der Waals surface area contributed by atoms with Crippen molar-refractivity contribution in [1.82, 2.24) is 5.32 Å². The van der Waals surface area contributed by atoms with Gasteiger partial charge in [0.2, 0.25) is 5.91 Å². The number of carbonyl (C=O) groups excluding carboxylic acids is 1. The van der Waals surface area contributed by atoms with Crippen molar-refractivity contribution >= 4 is 21.8 Å². The van der Waals surface area contributed by atoms with Gasteiger partial charge in [-0.25, -0.2) is 0 Å². The van der Waals surface area contributed by atoms with Crippen molar-refractivity contribution in [3.8, 4) is 0 Å². The highest BCUT2D eigenvalue weighted by Gasteiger charge is 2.19. The number of aryl methyl sites for hydroxylation is 1. The molecule has 21 heavy (non-hydrogen) atoms. The summed E-state index contributed by atoms with van der Waals surface area (Å²) in [5, 5.41) is 2.96. The number of hydrogen-bond donors (Lipinski definition) is 2. The molecule has 1 amide bonds. The zero-order chi connectivity index (χ0) is 15.4. The van der Waals surface area contributed by atoms with E-state index in [1.165, 1.54) is 0 Å². The maximum Gasteiger partial charge on any atom is 0.241 e. The molecule has 0 radical (unpaired) electrons. The van der Waals surface area contributed by atoms with Gasteiger partial charge in [-0.3, -0.25) is 4.79 Å². The van der Waals surface area contributed by atoms with Crippen LogP contribution in [-0.2, 0) is 4.79 Å². The van der Waals surface area contributed by atoms with Crippen molar-refractivity contribution < 1.29 is 4.79 Å². The van der Waals surface area contributed by atoms with E-state index in [4.69, 9.17) is 5.73 Å². The number of nitrogens with one attached hydrogen (secondary N) is 1. The fraction of sp³-hybridized carbons (Fsp3) is 0.235. The number of carbonyl (C=O) groups is 1. The predicted octanol–water partition coefficient (Wildman–Crippen LogP) is 3.63. The molecule has 2 aromatic rings. The van der Waals surface area contributed by atoms with Gasteiger partial charge in [-0.2, -0.15) is 0 Å². The lowest BCUT2D eigenvalue weighted by molar-refractivity contribution is -0.123. The normalized spacial score (nSPS) is 13.5. The summed E-state index contributed by atoms with van der Waals surface area (Å²) in [5.41, 5.74) is 9.02. The zero-order valence-corrected chi connectivity index (χ0v) is 13.7. The molecule has 0 aromatic heterocycles. The van der Waals surface area contributed by atoms with E-state index in [-0.39, 0.29) is 11.9 Å². The van der Waals surface area contributed by atoms with Gasteiger partial charge in [0.1, 0.15) is 6.04 Å². The topological polar surface area (TPSA) is 55.1 Å². The zero-order valence-electron chi connectivity index (χ0n) is 12.1. The first-order chi connectivity index (χ1) is 9.99. The smallest absolute Gasteiger partial charge is 0.241 e. The third-order valence-corrected chi connectivity index (χ3v) is 4.17. The van der Waals surface area contributed by atoms with Crippen LogP contribution in [0.1, 0.15) is 35.7 Å². The molecule has 0 saturated heterocycles. The lowest BCUT2D eigenvalue weighted by Gasteiger charge is -2.19. The van der Waals surface area contributed by atoms with Crippen molar-refractivity contribution in [3.05, 3.63) is 69.7 Å². The van der Waals surface area contributed by atoms with Crippen molar-refractivity contribution in [2.24, 2.45) is 5.73 Å². The summed E-state index contributed by atoms with van der Waals surface area (Å²) in [6, 6.07) is 14.8. The number of nitrogens with two attached hydrogens (primary N) is 1. The van der Waals surface area contributed by atoms with Crippen LogP contribution in [0.25, 0.3) is 0 Å². The maximum absolute atomic E-state index is 12.3. The summed E-state index contributed by atoms with van der Waals surface area (Å²) in [5.74, 6) is -0.179. The van der Waals surface area contributed by atoms with E-state index in [1.807, 2.05) is 62.4 Å². The summed E-state index contributed by atoms with van der Waals surface area (Å²) in [6.07, 6.45) is 0. The standard InChI is InChI=1S/C17H19BrN2O/c1-11-7-9-13(10-8-11)16(19)17(21)20-12(2)14-5-3-4-6-15(14)18/h3-10,12,16H,19H2,1-2H3,(H,20,21)/t12-,16?/m0/s1. The van der Waals surface area contributed by atoms with E-state index in [9.17, 15) is 4.79 Å². The fourth-order valence-electron chi connectivity index (χ4n) is 2.13. The SMILES string of the molecule is Cc1ccc(C(N)C(=O)N[C@@H](C)c2ccccc2Br)cc1. The molecular weight excluding hydrogens is 328 g/mol. The van der Waals surface area contributed by atoms with Crippen molar-refractivity contribution in [2.45, 2.75) is 25.9 Å². The van der Waals surface area contributed by atoms with Gasteiger partial charge in [-0.15, -0.1) is 0 Å². The average Bonchev–Trinajstić information content (AvgIpc) is 2.47. The minimum absolute atomic E-state index is 0.107. The second-order valence-electron chi connectivity index (χ2n) is 5.14. The Hall–Kier alpha value is -1.65. The Kier molecular flexibility index (Phi) is 5.15. The molecule has 0 saturated carbocycles. The lowest BCUT2D eigenvalue weighted by Crippen LogP contribution is -2.35. The van der Waals surface area contributed by atoms with Gasteiger partial charge < -0.3 is 11.1 Å². The molecule has 110 valence electrons. The molecular formula is C17H19BrN2O. The minimum Gasteiger partial charge on any atom is -0.348 e. The van der Waals surface area contributed by atoms with E-state index in [2.05, 4.69) is 21.2 Å². The number of halogens is 1. The highest BCUT2D eigenvalue weighted by molar-refractivity contribution is 9.10. The van der Waals surface area contributed by atoms with E-state index >= 15 is 0 Å². The average molecular weight is 347 g/mol. The Labute approximate surface area is 133 Å². The Bertz CT molecular complexity index is 625. The molecule has 0 heterocycles. The molecule has 4 heteroatoms. The summed E-state index contributed by atoms with van der Waals surface area (Å²) >= 11 is 3.49. The lowest BCUT2D eigenvalue weighted by atomic mass is 10.0. The first kappa shape index (κ1) is 15.7. The first-order valence-electron chi connectivity index (χ1n) is 6.86. The fourth-order valence-corrected chi connectivity index (χ4v) is 2.76. The Morgan fingerprint density at radius 2 is 1.76 bits per heavy atom. The molecule has 0 spiro atoms. The van der Waals surface area contributed by atoms with Gasteiger partial charge in [0.05, 0.1) is 6.04 Å². The second kappa shape index (κ2) is 6.87. The van der Waals surface area contributed by atoms with Crippen LogP contribution in [0.15, 0.2) is 53.0 Å². The first-order valence-corrected chi connectivity index (χ1v) is 7.65. The monoisotopic (exact) mass is 346 g/mol. The summed E-state index contributed by atoms with van der Waals surface area (Å²) in [6.45, 7) is 3.95. The van der Waals surface area contributed by atoms with E-state index in [0.29, 0.717) is 0 Å². The van der Waals surface area contributed by atoms with Crippen LogP contribution in [0, 0.1) is 6.92 Å². The number of rotatable bonds is 4. The maximum atomic E-state index is 12.3. The Morgan fingerprint density at radius 3 is 2.38 bits per heavy atom. The van der Waals surface area contributed by atoms with Crippen LogP contribution < -0.4 is 11.1 Å². The number of benzene rings is 2. The van der Waals surface area contributed by atoms with Crippen LogP contribution in [0.2, 0.25) is 0 Å². The molecule has 0 aliphatic heterocycles. The molecule has 0 aliphatic carbocycles. The summed E-state index contributed by atoms with van der Waals surface area (Å²) in [7, 11) is 0. The van der Waals surface area contributed by atoms with Crippen LogP contribution in [-0.4, -0.2) is 5.91 Å². The van der Waals surface area contributed by atoms with Gasteiger partial charge >= 0.3 is 0 Å². The van der Waals surface area contributed by atoms with Gasteiger partial charge in [0, 0.05) is 4.47 Å². The predicted molar refractivity (Wildman–Crippen MR) is 88.8 cm³/mol. The second-order valence-corrected chi connectivity index (χ2v) is 5.99. The van der Waals surface area contributed by atoms with Gasteiger partial charge in [0.25, 0.3) is 0 Å². The van der Waals surface area contributed by atoms with Gasteiger partial charge in [0.15, 0.2) is 0 Å². The number of amides is 1. The minimum atomic E-state index is -0.657. The van der Waals surface area contributed by atoms with Crippen LogP contribution in [0.3, 0.4) is 0 Å². The van der Waals surface area contributed by atoms with Crippen molar-refractivity contribution in [3.63, 3.8) is 0 Å². The molecule has 2 rings (SSSR count). The van der Waals surface area contributed by atoms with Gasteiger partial charge in [-0.05, 0) is 31.0 Å². The summed E-state index contributed by atoms with van der Waals surface area (Å²) in [4.78, 5) is 12.3. The van der Waals surface area contributed by atoms with E-state index < -0.39 is 6.04 Å². The molecule has 0 bridgehead atoms. The third-order valence-electron chi connectivity index (χ3n) is 3.45. The molecule has 2 aromatic carbocycles. The van der Waals surface area contributed by atoms with Crippen molar-refractivity contribution in [2.75, 3.05) is 0 Å². The van der Waals surface area contributed by atoms with E-state index in [1.54, 1.807) is 0 Å². The van der Waals surface area contributed by atoms with Crippen LogP contribution in [0.5, 0.6) is 0 Å². The molecule has 0 fully saturated rings. The van der Waals surface area contributed by atoms with Crippen molar-refractivity contribution in [1.29, 1.82) is 0 Å². The highest BCUT2D eigenvalue weighted by atomic mass is 79.9. The highest BCUT2D eigenvalue weighted by Crippen LogP contribution is 2.23. The van der Waals surface area contributed by atoms with Gasteiger partial charge in [-0.1, -0.05) is 64.0 Å². The van der Waals surface area contributed by atoms with Crippen LogP contribution >= 0.6 is 15.9 Å². The van der Waals surface area contributed by atoms with Crippen LogP contribution in [0.4, 0.5) is 0 Å². The molecule has 1 unspecified atom stereocenters. The molecule has 0 aliphatic rings. The summed E-state index contributed by atoms with van der Waals surface area (Å²) < 4.78 is 0.974. The molecule has 3 N–H and O–H groups in total. The molecule has 2 atom stereocenters. The van der Waals surface area contributed by atoms with E-state index in [0.717, 1.165) is 21.2 Å². The molecule has 3 nitrogen and oxygen atoms in total. The Morgan fingerprint density at radius 1 is 1.14 bits per heavy atom. The quantitative estimate of drug-likeness (QED) is 0.887. The largest absolute Gasteiger partial charge is 0.348 e. The number of hydrogen-bond acceptors (Lipinski definition) is 2.